The normalized spacial score (nSPS) is 15.4. The molecule has 4 amide bonds. The van der Waals surface area contributed by atoms with Gasteiger partial charge in [0.2, 0.25) is 17.7 Å². The van der Waals surface area contributed by atoms with Crippen molar-refractivity contribution in [1.29, 1.82) is 0 Å². The lowest BCUT2D eigenvalue weighted by Crippen LogP contribution is -2.78. The Morgan fingerprint density at radius 3 is 1.57 bits per heavy atom. The second kappa shape index (κ2) is 34.5. The number of hydrogen-bond acceptors (Lipinski definition) is 14. The molecule has 0 saturated heterocycles. The molecule has 447 valence electrons. The Hall–Kier alpha value is -6.94. The number of hydrogen-bond donors (Lipinski definition) is 5. The van der Waals surface area contributed by atoms with E-state index in [-0.39, 0.29) is 55.3 Å². The first-order valence-electron chi connectivity index (χ1n) is 28.7. The molecule has 0 fully saturated rings. The van der Waals surface area contributed by atoms with Crippen LogP contribution in [0.4, 0.5) is 5.69 Å². The monoisotopic (exact) mass is 1140 g/mol. The van der Waals surface area contributed by atoms with Crippen molar-refractivity contribution >= 4 is 29.3 Å². The van der Waals surface area contributed by atoms with Crippen molar-refractivity contribution in [2.45, 2.75) is 91.0 Å². The highest BCUT2D eigenvalue weighted by atomic mass is 16.6. The van der Waals surface area contributed by atoms with Gasteiger partial charge in [0, 0.05) is 36.5 Å². The first kappa shape index (κ1) is 64.2. The van der Waals surface area contributed by atoms with Crippen LogP contribution in [0.25, 0.3) is 0 Å². The lowest BCUT2D eigenvalue weighted by Gasteiger charge is -2.25. The Kier molecular flexibility index (Phi) is 27.0. The van der Waals surface area contributed by atoms with Crippen LogP contribution in [0, 0.1) is 0 Å². The van der Waals surface area contributed by atoms with Gasteiger partial charge in [0.15, 0.2) is 11.5 Å². The zero-order valence-electron chi connectivity index (χ0n) is 49.0. The minimum atomic E-state index is -0.609. The lowest BCUT2D eigenvalue weighted by molar-refractivity contribution is -0.572. The molecule has 2 bridgehead atoms. The van der Waals surface area contributed by atoms with E-state index >= 15 is 0 Å². The Labute approximate surface area is 484 Å². The van der Waals surface area contributed by atoms with Crippen LogP contribution in [-0.2, 0) is 50.7 Å². The molecule has 20 nitrogen and oxygen atoms in total. The minimum Gasteiger partial charge on any atom is -0.491 e. The zero-order valence-corrected chi connectivity index (χ0v) is 49.0. The number of carbonyl (C=O) groups excluding carboxylic acids is 4. The molecule has 2 heterocycles. The molecule has 0 aromatic heterocycles. The van der Waals surface area contributed by atoms with Gasteiger partial charge in [-0.25, -0.2) is 0 Å². The van der Waals surface area contributed by atoms with E-state index in [1.54, 1.807) is 6.07 Å². The molecular formula is C62H88N8O12+. The standard InChI is InChI=1S/C62H87N8O12/c1-61(2,3)49-38-50(62(4,5)6)40-51(39-49)63-21-15-8-7-12-18-52-46-69(68-70(52)45-47-16-10-9-11-17-47)23-22-64-57(71)42-65-58(72)43-66-59(73)44-67-60(74)48-36-53-41-54(37-48)80-33-29-76-25-27-78-31-35-82-56-20-14-13-19-55(56)81-34-30-77-26-24-75-28-32-79-53/h9-11,13-14,16-17,19-20,36-41,46,63H,7-8,12,15,18,21-35,42-45H2,1-6H3,(H,64,71)(H,65,72)(H,66,73)(H,67,74)/p+1. The van der Waals surface area contributed by atoms with Crippen molar-refractivity contribution in [3.63, 3.8) is 0 Å². The van der Waals surface area contributed by atoms with E-state index in [2.05, 4.69) is 105 Å². The number of amides is 4. The zero-order chi connectivity index (χ0) is 58.4. The molecular weight excluding hydrogens is 1050 g/mol. The van der Waals surface area contributed by atoms with Crippen LogP contribution in [0.2, 0.25) is 0 Å². The number of nitrogens with one attached hydrogen (secondary N) is 4. The number of ether oxygens (including phenoxy) is 8. The van der Waals surface area contributed by atoms with Gasteiger partial charge >= 0.3 is 0 Å². The molecule has 0 saturated carbocycles. The first-order valence-corrected chi connectivity index (χ1v) is 28.7. The summed E-state index contributed by atoms with van der Waals surface area (Å²) < 4.78 is 46.1. The van der Waals surface area contributed by atoms with Crippen molar-refractivity contribution < 1.29 is 62.4 Å². The topological polar surface area (TPSA) is 227 Å². The van der Waals surface area contributed by atoms with E-state index in [4.69, 9.17) is 43.4 Å². The highest BCUT2D eigenvalue weighted by Crippen LogP contribution is 2.31. The second-order valence-corrected chi connectivity index (χ2v) is 22.0. The number of carbonyl (C=O) groups is 4. The third-order valence-electron chi connectivity index (χ3n) is 13.1. The Balaban J connectivity index is 0.868. The second-order valence-electron chi connectivity index (χ2n) is 22.0. The van der Waals surface area contributed by atoms with Gasteiger partial charge in [0.25, 0.3) is 5.91 Å². The molecule has 0 aliphatic carbocycles. The van der Waals surface area contributed by atoms with Gasteiger partial charge in [-0.1, -0.05) is 96.5 Å². The van der Waals surface area contributed by atoms with Crippen molar-refractivity contribution in [2.24, 2.45) is 0 Å². The van der Waals surface area contributed by atoms with Crippen LogP contribution in [0.1, 0.15) is 101 Å². The van der Waals surface area contributed by atoms with Gasteiger partial charge in [0.1, 0.15) is 43.6 Å². The Bertz CT molecular complexity index is 2530. The number of benzene rings is 4. The smallest absolute Gasteiger partial charge is 0.251 e. The highest BCUT2D eigenvalue weighted by Gasteiger charge is 2.24. The molecule has 6 N–H and O–H groups in total. The SMILES string of the molecule is CC(C)(C)c1cc([NH2+]CCCCCCC2=CN(CCNC(=O)CNC(=O)CNC(=O)CNC(=O)c3cc4cc(c3)OCCOCCOCCOc3ccccc3OCCOCCOCCO4)[N]N2Cc2ccccc2)cc(C(C)(C)C)c1. The number of allylic oxidation sites excluding steroid dienone is 1. The fourth-order valence-corrected chi connectivity index (χ4v) is 8.54. The summed E-state index contributed by atoms with van der Waals surface area (Å²) >= 11 is 0. The quantitative estimate of drug-likeness (QED) is 0.0537. The molecule has 4 aromatic carbocycles. The van der Waals surface area contributed by atoms with Crippen molar-refractivity contribution in [3.8, 4) is 23.0 Å². The first-order chi connectivity index (χ1) is 39.6. The lowest BCUT2D eigenvalue weighted by atomic mass is 9.80. The average molecular weight is 1140 g/mol. The van der Waals surface area contributed by atoms with E-state index in [1.807, 2.05) is 52.5 Å². The highest BCUT2D eigenvalue weighted by molar-refractivity contribution is 5.97. The fraction of sp³-hybridized carbons (Fsp3) is 0.516. The van der Waals surface area contributed by atoms with Crippen molar-refractivity contribution in [3.05, 3.63) is 125 Å². The third kappa shape index (κ3) is 24.3. The summed E-state index contributed by atoms with van der Waals surface area (Å²) in [7, 11) is 0. The van der Waals surface area contributed by atoms with Gasteiger partial charge in [-0.15, -0.1) is 0 Å². The van der Waals surface area contributed by atoms with Gasteiger partial charge in [-0.3, -0.25) is 29.2 Å². The predicted molar refractivity (Wildman–Crippen MR) is 312 cm³/mol. The van der Waals surface area contributed by atoms with Crippen LogP contribution < -0.4 is 51.1 Å². The van der Waals surface area contributed by atoms with Gasteiger partial charge in [-0.05, 0) is 83.0 Å². The number of para-hydroxylation sites is 2. The van der Waals surface area contributed by atoms with E-state index in [0.29, 0.717) is 95.5 Å². The maximum absolute atomic E-state index is 13.3. The summed E-state index contributed by atoms with van der Waals surface area (Å²) in [6, 6.07) is 29.4. The minimum absolute atomic E-state index is 0.0910. The summed E-state index contributed by atoms with van der Waals surface area (Å²) in [6.45, 7) is 18.6. The molecule has 2 aliphatic rings. The molecule has 4 aromatic rings. The van der Waals surface area contributed by atoms with E-state index in [1.165, 1.54) is 28.9 Å². The largest absolute Gasteiger partial charge is 0.491 e. The van der Waals surface area contributed by atoms with Crippen LogP contribution >= 0.6 is 0 Å². The molecule has 0 atom stereocenters. The Morgan fingerprint density at radius 2 is 1.02 bits per heavy atom. The molecule has 20 heteroatoms. The molecule has 82 heavy (non-hydrogen) atoms. The van der Waals surface area contributed by atoms with Gasteiger partial charge < -0.3 is 64.5 Å². The summed E-state index contributed by atoms with van der Waals surface area (Å²) in [5.41, 5.74) is 11.5. The van der Waals surface area contributed by atoms with Crippen molar-refractivity contribution in [1.82, 2.24) is 36.8 Å². The van der Waals surface area contributed by atoms with Crippen LogP contribution in [-0.4, -0.2) is 152 Å². The number of fused-ring (bicyclic) bond motifs is 3. The maximum Gasteiger partial charge on any atom is 0.251 e. The molecule has 1 radical (unpaired) electrons. The number of unbranched alkanes of at least 4 members (excludes halogenated alkanes) is 3. The van der Waals surface area contributed by atoms with E-state index in [0.717, 1.165) is 49.9 Å². The van der Waals surface area contributed by atoms with Crippen LogP contribution in [0.5, 0.6) is 23.0 Å². The molecule has 6 rings (SSSR count). The summed E-state index contributed by atoms with van der Waals surface area (Å²) in [5.74, 6) is -0.213. The van der Waals surface area contributed by atoms with Crippen molar-refractivity contribution in [2.75, 3.05) is 119 Å². The van der Waals surface area contributed by atoms with Crippen LogP contribution in [0.3, 0.4) is 0 Å². The van der Waals surface area contributed by atoms with E-state index < -0.39 is 30.8 Å². The summed E-state index contributed by atoms with van der Waals surface area (Å²) in [5, 5.41) is 16.7. The molecule has 0 spiro atoms. The Morgan fingerprint density at radius 1 is 0.537 bits per heavy atom. The number of nitrogens with zero attached hydrogens (tertiary/aromatic N) is 3. The van der Waals surface area contributed by atoms with Crippen LogP contribution in [0.15, 0.2) is 103 Å². The molecule has 0 unspecified atom stereocenters. The van der Waals surface area contributed by atoms with Gasteiger partial charge in [0.05, 0.1) is 97.8 Å². The molecule has 2 aliphatic heterocycles. The fourth-order valence-electron chi connectivity index (χ4n) is 8.54. The third-order valence-corrected chi connectivity index (χ3v) is 13.1. The van der Waals surface area contributed by atoms with E-state index in [9.17, 15) is 19.2 Å². The summed E-state index contributed by atoms with van der Waals surface area (Å²) in [6.07, 6.45) is 7.36. The number of quaternary nitrogens is 1. The summed E-state index contributed by atoms with van der Waals surface area (Å²) in [4.78, 5) is 51.4. The predicted octanol–water partition coefficient (Wildman–Crippen LogP) is 5.59. The van der Waals surface area contributed by atoms with Gasteiger partial charge in [-0.2, -0.15) is 0 Å². The number of rotatable bonds is 20. The average Bonchev–Trinajstić information content (AvgIpc) is 3.95. The number of nitrogens with two attached hydrogens (primary N) is 1. The maximum atomic E-state index is 13.3.